The number of nitrogens with one attached hydrogen (secondary N) is 1. The zero-order valence-corrected chi connectivity index (χ0v) is 10.6. The highest BCUT2D eigenvalue weighted by molar-refractivity contribution is 5.64. The molecule has 0 aromatic heterocycles. The van der Waals surface area contributed by atoms with Crippen LogP contribution < -0.4 is 11.1 Å². The van der Waals surface area contributed by atoms with Gasteiger partial charge in [-0.25, -0.2) is 4.39 Å². The van der Waals surface area contributed by atoms with Crippen molar-refractivity contribution in [3.63, 3.8) is 0 Å². The molecule has 0 spiro atoms. The number of halogens is 1. The van der Waals surface area contributed by atoms with E-state index in [2.05, 4.69) is 11.4 Å². The fraction of sp³-hybridized carbons (Fsp3) is 0.200. The van der Waals surface area contributed by atoms with Gasteiger partial charge in [0, 0.05) is 12.2 Å². The van der Waals surface area contributed by atoms with Crippen LogP contribution in [-0.4, -0.2) is 0 Å². The zero-order chi connectivity index (χ0) is 13.1. The number of benzene rings is 2. The highest BCUT2D eigenvalue weighted by atomic mass is 19.1. The summed E-state index contributed by atoms with van der Waals surface area (Å²) in [6, 6.07) is 11.0. The van der Waals surface area contributed by atoms with Crippen LogP contribution in [0.1, 0.15) is 16.7 Å². The first-order valence-corrected chi connectivity index (χ1v) is 5.93. The molecule has 2 aromatic rings. The number of anilines is 2. The van der Waals surface area contributed by atoms with E-state index < -0.39 is 0 Å². The molecular weight excluding hydrogens is 227 g/mol. The number of hydrogen-bond acceptors (Lipinski definition) is 2. The molecule has 0 fully saturated rings. The van der Waals surface area contributed by atoms with Crippen molar-refractivity contribution in [1.29, 1.82) is 0 Å². The van der Waals surface area contributed by atoms with Crippen LogP contribution in [0.3, 0.4) is 0 Å². The standard InChI is InChI=1S/C15H17FN2/c1-10-3-5-14(11(2)7-10)18-15-6-4-12(9-17)8-13(15)16/h3-8,18H,9,17H2,1-2H3. The van der Waals surface area contributed by atoms with Crippen LogP contribution in [0.25, 0.3) is 0 Å². The van der Waals surface area contributed by atoms with Gasteiger partial charge < -0.3 is 11.1 Å². The van der Waals surface area contributed by atoms with Crippen LogP contribution in [-0.2, 0) is 6.54 Å². The van der Waals surface area contributed by atoms with Crippen molar-refractivity contribution in [2.45, 2.75) is 20.4 Å². The Morgan fingerprint density at radius 2 is 1.78 bits per heavy atom. The minimum Gasteiger partial charge on any atom is -0.353 e. The van der Waals surface area contributed by atoms with Crippen molar-refractivity contribution in [3.8, 4) is 0 Å². The van der Waals surface area contributed by atoms with E-state index in [0.29, 0.717) is 12.2 Å². The van der Waals surface area contributed by atoms with Gasteiger partial charge in [-0.15, -0.1) is 0 Å². The predicted octanol–water partition coefficient (Wildman–Crippen LogP) is 3.64. The maximum absolute atomic E-state index is 13.8. The summed E-state index contributed by atoms with van der Waals surface area (Å²) in [6.07, 6.45) is 0. The normalized spacial score (nSPS) is 10.4. The van der Waals surface area contributed by atoms with Gasteiger partial charge in [-0.05, 0) is 43.2 Å². The molecule has 0 aliphatic rings. The molecule has 0 atom stereocenters. The van der Waals surface area contributed by atoms with Gasteiger partial charge in [0.05, 0.1) is 5.69 Å². The second kappa shape index (κ2) is 5.19. The average Bonchev–Trinajstić information content (AvgIpc) is 2.34. The first-order valence-electron chi connectivity index (χ1n) is 5.93. The van der Waals surface area contributed by atoms with E-state index in [9.17, 15) is 4.39 Å². The van der Waals surface area contributed by atoms with Gasteiger partial charge in [0.1, 0.15) is 5.82 Å². The Hall–Kier alpha value is -1.87. The first kappa shape index (κ1) is 12.6. The zero-order valence-electron chi connectivity index (χ0n) is 10.6. The maximum Gasteiger partial charge on any atom is 0.146 e. The molecule has 94 valence electrons. The molecule has 0 saturated heterocycles. The Morgan fingerprint density at radius 1 is 1.06 bits per heavy atom. The van der Waals surface area contributed by atoms with Crippen LogP contribution in [0.2, 0.25) is 0 Å². The monoisotopic (exact) mass is 244 g/mol. The molecule has 18 heavy (non-hydrogen) atoms. The van der Waals surface area contributed by atoms with Gasteiger partial charge >= 0.3 is 0 Å². The Balaban J connectivity index is 2.28. The Morgan fingerprint density at radius 3 is 2.39 bits per heavy atom. The first-order chi connectivity index (χ1) is 8.60. The summed E-state index contributed by atoms with van der Waals surface area (Å²) in [5.41, 5.74) is 9.94. The predicted molar refractivity (Wildman–Crippen MR) is 73.5 cm³/mol. The summed E-state index contributed by atoms with van der Waals surface area (Å²) < 4.78 is 13.8. The average molecular weight is 244 g/mol. The van der Waals surface area contributed by atoms with Crippen LogP contribution >= 0.6 is 0 Å². The number of hydrogen-bond donors (Lipinski definition) is 2. The second-order valence-electron chi connectivity index (χ2n) is 4.46. The quantitative estimate of drug-likeness (QED) is 0.865. The highest BCUT2D eigenvalue weighted by Crippen LogP contribution is 2.24. The van der Waals surface area contributed by atoms with Crippen LogP contribution in [0.15, 0.2) is 36.4 Å². The topological polar surface area (TPSA) is 38.0 Å². The molecule has 0 bridgehead atoms. The van der Waals surface area contributed by atoms with Crippen molar-refractivity contribution in [3.05, 3.63) is 58.9 Å². The lowest BCUT2D eigenvalue weighted by Gasteiger charge is -2.11. The third-order valence-electron chi connectivity index (χ3n) is 2.92. The fourth-order valence-corrected chi connectivity index (χ4v) is 1.89. The van der Waals surface area contributed by atoms with E-state index in [1.54, 1.807) is 6.07 Å². The molecule has 0 aliphatic carbocycles. The maximum atomic E-state index is 13.8. The summed E-state index contributed by atoms with van der Waals surface area (Å²) >= 11 is 0. The van der Waals surface area contributed by atoms with E-state index >= 15 is 0 Å². The van der Waals surface area contributed by atoms with E-state index in [1.807, 2.05) is 32.0 Å². The lowest BCUT2D eigenvalue weighted by molar-refractivity contribution is 0.629. The largest absolute Gasteiger partial charge is 0.353 e. The minimum absolute atomic E-state index is 0.280. The van der Waals surface area contributed by atoms with E-state index in [1.165, 1.54) is 11.6 Å². The Kier molecular flexibility index (Phi) is 3.63. The van der Waals surface area contributed by atoms with Crippen LogP contribution in [0.5, 0.6) is 0 Å². The molecular formula is C15H17FN2. The van der Waals surface area contributed by atoms with E-state index in [-0.39, 0.29) is 5.82 Å². The molecule has 0 saturated carbocycles. The molecule has 3 heteroatoms. The molecule has 2 nitrogen and oxygen atoms in total. The lowest BCUT2D eigenvalue weighted by atomic mass is 10.1. The minimum atomic E-state index is -0.280. The fourth-order valence-electron chi connectivity index (χ4n) is 1.89. The molecule has 0 unspecified atom stereocenters. The van der Waals surface area contributed by atoms with Crippen molar-refractivity contribution in [2.24, 2.45) is 5.73 Å². The summed E-state index contributed by atoms with van der Waals surface area (Å²) in [7, 11) is 0. The second-order valence-corrected chi connectivity index (χ2v) is 4.46. The summed E-state index contributed by atoms with van der Waals surface area (Å²) in [5, 5.41) is 3.10. The summed E-state index contributed by atoms with van der Waals surface area (Å²) in [5.74, 6) is -0.280. The molecule has 0 radical (unpaired) electrons. The molecule has 0 aliphatic heterocycles. The third-order valence-corrected chi connectivity index (χ3v) is 2.92. The Labute approximate surface area is 107 Å². The SMILES string of the molecule is Cc1ccc(Nc2ccc(CN)cc2F)c(C)c1. The van der Waals surface area contributed by atoms with E-state index in [4.69, 9.17) is 5.73 Å². The summed E-state index contributed by atoms with van der Waals surface area (Å²) in [6.45, 7) is 4.38. The molecule has 0 heterocycles. The van der Waals surface area contributed by atoms with Crippen molar-refractivity contribution < 1.29 is 4.39 Å². The van der Waals surface area contributed by atoms with Gasteiger partial charge in [-0.3, -0.25) is 0 Å². The van der Waals surface area contributed by atoms with Gasteiger partial charge in [0.25, 0.3) is 0 Å². The number of nitrogens with two attached hydrogens (primary N) is 1. The highest BCUT2D eigenvalue weighted by Gasteiger charge is 2.05. The van der Waals surface area contributed by atoms with Gasteiger partial charge in [0.15, 0.2) is 0 Å². The molecule has 2 aromatic carbocycles. The van der Waals surface area contributed by atoms with Crippen molar-refractivity contribution in [2.75, 3.05) is 5.32 Å². The molecule has 3 N–H and O–H groups in total. The van der Waals surface area contributed by atoms with Crippen LogP contribution in [0, 0.1) is 19.7 Å². The van der Waals surface area contributed by atoms with Crippen molar-refractivity contribution >= 4 is 11.4 Å². The lowest BCUT2D eigenvalue weighted by Crippen LogP contribution is -2.00. The number of rotatable bonds is 3. The van der Waals surface area contributed by atoms with E-state index in [0.717, 1.165) is 16.8 Å². The van der Waals surface area contributed by atoms with Gasteiger partial charge in [-0.2, -0.15) is 0 Å². The van der Waals surface area contributed by atoms with Crippen molar-refractivity contribution in [1.82, 2.24) is 0 Å². The van der Waals surface area contributed by atoms with Crippen LogP contribution in [0.4, 0.5) is 15.8 Å². The van der Waals surface area contributed by atoms with Gasteiger partial charge in [-0.1, -0.05) is 23.8 Å². The van der Waals surface area contributed by atoms with Gasteiger partial charge in [0.2, 0.25) is 0 Å². The third kappa shape index (κ3) is 2.68. The molecule has 2 rings (SSSR count). The summed E-state index contributed by atoms with van der Waals surface area (Å²) in [4.78, 5) is 0. The Bertz CT molecular complexity index is 564. The smallest absolute Gasteiger partial charge is 0.146 e. The number of aryl methyl sites for hydroxylation is 2. The molecule has 0 amide bonds.